The molecule has 1 amide bonds. The van der Waals surface area contributed by atoms with Gasteiger partial charge in [-0.1, -0.05) is 11.6 Å². The summed E-state index contributed by atoms with van der Waals surface area (Å²) in [6.45, 7) is 1.63. The number of hydrogen-bond acceptors (Lipinski definition) is 6. The Balaban J connectivity index is 1.85. The number of halogens is 1. The third kappa shape index (κ3) is 3.72. The average molecular weight is 401 g/mol. The van der Waals surface area contributed by atoms with E-state index in [2.05, 4.69) is 5.32 Å². The molecule has 0 fully saturated rings. The zero-order valence-electron chi connectivity index (χ0n) is 14.3. The maximum absolute atomic E-state index is 12.5. The number of amides is 1. The summed E-state index contributed by atoms with van der Waals surface area (Å²) in [5, 5.41) is 12.8. The van der Waals surface area contributed by atoms with Crippen LogP contribution in [-0.4, -0.2) is 19.0 Å². The van der Waals surface area contributed by atoms with Crippen molar-refractivity contribution in [2.75, 3.05) is 12.4 Å². The first kappa shape index (κ1) is 18.7. The molecule has 0 spiro atoms. The van der Waals surface area contributed by atoms with Crippen LogP contribution in [-0.2, 0) is 4.74 Å². The lowest BCUT2D eigenvalue weighted by Crippen LogP contribution is -2.10. The van der Waals surface area contributed by atoms with Crippen molar-refractivity contribution in [1.82, 2.24) is 0 Å². The van der Waals surface area contributed by atoms with Crippen LogP contribution in [0.25, 0.3) is 11.3 Å². The number of nitrogens with zero attached hydrogens (tertiary/aromatic N) is 1. The van der Waals surface area contributed by atoms with Gasteiger partial charge >= 0.3 is 5.97 Å². The number of nitriles is 1. The SMILES string of the molecule is COC(=O)c1sc(NC(=O)c2ccc(-c3ccc(Cl)cc3)o2)c(C#N)c1C. The van der Waals surface area contributed by atoms with Crippen LogP contribution in [0.15, 0.2) is 40.8 Å². The molecule has 0 atom stereocenters. The first-order valence-electron chi connectivity index (χ1n) is 7.73. The lowest BCUT2D eigenvalue weighted by Gasteiger charge is -2.01. The smallest absolute Gasteiger partial charge is 0.348 e. The van der Waals surface area contributed by atoms with Crippen molar-refractivity contribution < 1.29 is 18.7 Å². The summed E-state index contributed by atoms with van der Waals surface area (Å²) in [7, 11) is 1.26. The van der Waals surface area contributed by atoms with Gasteiger partial charge < -0.3 is 14.5 Å². The topological polar surface area (TPSA) is 92.3 Å². The van der Waals surface area contributed by atoms with Gasteiger partial charge in [-0.25, -0.2) is 4.79 Å². The lowest BCUT2D eigenvalue weighted by atomic mass is 10.2. The molecule has 6 nitrogen and oxygen atoms in total. The minimum atomic E-state index is -0.558. The van der Waals surface area contributed by atoms with Crippen LogP contribution in [0, 0.1) is 18.3 Å². The maximum Gasteiger partial charge on any atom is 0.348 e. The highest BCUT2D eigenvalue weighted by Crippen LogP contribution is 2.33. The molecule has 2 aromatic heterocycles. The number of ether oxygens (including phenoxy) is 1. The van der Waals surface area contributed by atoms with Gasteiger partial charge in [0.1, 0.15) is 21.7 Å². The highest BCUT2D eigenvalue weighted by molar-refractivity contribution is 7.18. The van der Waals surface area contributed by atoms with Crippen LogP contribution >= 0.6 is 22.9 Å². The fraction of sp³-hybridized carbons (Fsp3) is 0.105. The molecule has 0 radical (unpaired) electrons. The Morgan fingerprint density at radius 1 is 1.22 bits per heavy atom. The second-order valence-corrected chi connectivity index (χ2v) is 6.95. The predicted molar refractivity (Wildman–Crippen MR) is 102 cm³/mol. The van der Waals surface area contributed by atoms with Crippen molar-refractivity contribution in [2.24, 2.45) is 0 Å². The van der Waals surface area contributed by atoms with E-state index in [1.54, 1.807) is 37.3 Å². The van der Waals surface area contributed by atoms with Crippen LogP contribution in [0.2, 0.25) is 5.02 Å². The lowest BCUT2D eigenvalue weighted by molar-refractivity contribution is 0.0605. The molecule has 0 saturated heterocycles. The van der Waals surface area contributed by atoms with Crippen molar-refractivity contribution in [3.8, 4) is 17.4 Å². The third-order valence-corrected chi connectivity index (χ3v) is 5.25. The molecule has 1 aromatic carbocycles. The number of anilines is 1. The van der Waals surface area contributed by atoms with Gasteiger partial charge in [-0.2, -0.15) is 5.26 Å². The van der Waals surface area contributed by atoms with Crippen LogP contribution in [0.3, 0.4) is 0 Å². The minimum Gasteiger partial charge on any atom is -0.465 e. The van der Waals surface area contributed by atoms with Crippen molar-refractivity contribution in [1.29, 1.82) is 5.26 Å². The van der Waals surface area contributed by atoms with Crippen molar-refractivity contribution in [2.45, 2.75) is 6.92 Å². The van der Waals surface area contributed by atoms with E-state index in [-0.39, 0.29) is 21.2 Å². The zero-order chi connectivity index (χ0) is 19.6. The first-order valence-corrected chi connectivity index (χ1v) is 8.93. The number of rotatable bonds is 4. The molecule has 0 aliphatic rings. The van der Waals surface area contributed by atoms with Gasteiger partial charge in [-0.15, -0.1) is 11.3 Å². The molecule has 3 rings (SSSR count). The zero-order valence-corrected chi connectivity index (χ0v) is 15.9. The van der Waals surface area contributed by atoms with E-state index in [1.165, 1.54) is 13.2 Å². The van der Waals surface area contributed by atoms with Gasteiger partial charge in [0.25, 0.3) is 5.91 Å². The number of thiophene rings is 1. The summed E-state index contributed by atoms with van der Waals surface area (Å²) in [6.07, 6.45) is 0. The molecule has 136 valence electrons. The summed E-state index contributed by atoms with van der Waals surface area (Å²) in [5.74, 6) is -0.494. The summed E-state index contributed by atoms with van der Waals surface area (Å²) in [4.78, 5) is 24.6. The van der Waals surface area contributed by atoms with Gasteiger partial charge in [0, 0.05) is 10.6 Å². The van der Waals surface area contributed by atoms with E-state index in [4.69, 9.17) is 20.8 Å². The number of hydrogen-bond donors (Lipinski definition) is 1. The number of furan rings is 1. The van der Waals surface area contributed by atoms with Crippen LogP contribution < -0.4 is 5.32 Å². The first-order chi connectivity index (χ1) is 12.9. The van der Waals surface area contributed by atoms with E-state index < -0.39 is 11.9 Å². The van der Waals surface area contributed by atoms with E-state index in [9.17, 15) is 14.9 Å². The predicted octanol–water partition coefficient (Wildman–Crippen LogP) is 4.88. The van der Waals surface area contributed by atoms with E-state index in [1.807, 2.05) is 6.07 Å². The van der Waals surface area contributed by atoms with Gasteiger partial charge in [-0.3, -0.25) is 4.79 Å². The van der Waals surface area contributed by atoms with Gasteiger partial charge in [0.05, 0.1) is 12.7 Å². The van der Waals surface area contributed by atoms with Gasteiger partial charge in [0.2, 0.25) is 0 Å². The van der Waals surface area contributed by atoms with Crippen LogP contribution in [0.5, 0.6) is 0 Å². The third-order valence-electron chi connectivity index (χ3n) is 3.81. The standard InChI is InChI=1S/C19H13ClN2O4S/c1-10-13(9-21)18(27-16(10)19(24)25-2)22-17(23)15-8-7-14(26-15)11-3-5-12(20)6-4-11/h3-8H,1-2H3,(H,22,23). The number of benzene rings is 1. The van der Waals surface area contributed by atoms with Gasteiger partial charge in [-0.05, 0) is 48.9 Å². The van der Waals surface area contributed by atoms with E-state index >= 15 is 0 Å². The molecule has 0 unspecified atom stereocenters. The molecule has 2 heterocycles. The van der Waals surface area contributed by atoms with Crippen molar-refractivity contribution in [3.63, 3.8) is 0 Å². The molecule has 3 aromatic rings. The maximum atomic E-state index is 12.5. The number of carbonyl (C=O) groups excluding carboxylic acids is 2. The number of esters is 1. The van der Waals surface area contributed by atoms with E-state index in [0.717, 1.165) is 16.9 Å². The number of carbonyl (C=O) groups is 2. The van der Waals surface area contributed by atoms with Crippen LogP contribution in [0.1, 0.15) is 31.4 Å². The molecule has 27 heavy (non-hydrogen) atoms. The molecular weight excluding hydrogens is 388 g/mol. The molecule has 0 bridgehead atoms. The van der Waals surface area contributed by atoms with Crippen LogP contribution in [0.4, 0.5) is 5.00 Å². The van der Waals surface area contributed by atoms with Crippen molar-refractivity contribution >= 4 is 39.8 Å². The highest BCUT2D eigenvalue weighted by atomic mass is 35.5. The fourth-order valence-electron chi connectivity index (χ4n) is 2.42. The second-order valence-electron chi connectivity index (χ2n) is 5.49. The molecular formula is C19H13ClN2O4S. The Kier molecular flexibility index (Phi) is 5.31. The largest absolute Gasteiger partial charge is 0.465 e. The summed E-state index contributed by atoms with van der Waals surface area (Å²) in [6, 6.07) is 12.2. The highest BCUT2D eigenvalue weighted by Gasteiger charge is 2.23. The Morgan fingerprint density at radius 2 is 1.93 bits per heavy atom. The monoisotopic (exact) mass is 400 g/mol. The van der Waals surface area contributed by atoms with E-state index in [0.29, 0.717) is 16.3 Å². The van der Waals surface area contributed by atoms with Crippen molar-refractivity contribution in [3.05, 3.63) is 63.2 Å². The Morgan fingerprint density at radius 3 is 2.56 bits per heavy atom. The summed E-state index contributed by atoms with van der Waals surface area (Å²) < 4.78 is 10.3. The Labute approximate surface area is 163 Å². The number of methoxy groups -OCH3 is 1. The minimum absolute atomic E-state index is 0.0783. The molecule has 0 saturated carbocycles. The molecule has 1 N–H and O–H groups in total. The Hall–Kier alpha value is -3.08. The second kappa shape index (κ2) is 7.66. The normalized spacial score (nSPS) is 10.3. The fourth-order valence-corrected chi connectivity index (χ4v) is 3.61. The molecule has 0 aliphatic carbocycles. The summed E-state index contributed by atoms with van der Waals surface area (Å²) in [5.41, 5.74) is 1.46. The summed E-state index contributed by atoms with van der Waals surface area (Å²) >= 11 is 6.85. The number of nitrogens with one attached hydrogen (secondary N) is 1. The molecule has 0 aliphatic heterocycles. The quantitative estimate of drug-likeness (QED) is 0.630. The Bertz CT molecular complexity index is 1060. The average Bonchev–Trinajstić information content (AvgIpc) is 3.27. The molecule has 8 heteroatoms. The van der Waals surface area contributed by atoms with Gasteiger partial charge in [0.15, 0.2) is 5.76 Å².